The van der Waals surface area contributed by atoms with E-state index < -0.39 is 10.0 Å². The maximum Gasteiger partial charge on any atom is 0.263 e. The van der Waals surface area contributed by atoms with E-state index in [0.29, 0.717) is 24.3 Å². The van der Waals surface area contributed by atoms with Crippen LogP contribution in [0.5, 0.6) is 0 Å². The van der Waals surface area contributed by atoms with Crippen molar-refractivity contribution in [1.29, 1.82) is 0 Å². The molecule has 1 fully saturated rings. The summed E-state index contributed by atoms with van der Waals surface area (Å²) in [6, 6.07) is -0.0641. The summed E-state index contributed by atoms with van der Waals surface area (Å²) in [5, 5.41) is 10.8. The number of aliphatic hydroxyl groups is 1. The molecule has 0 aromatic carbocycles. The predicted molar refractivity (Wildman–Crippen MR) is 80.7 cm³/mol. The molecule has 21 heavy (non-hydrogen) atoms. The Morgan fingerprint density at radius 2 is 2.33 bits per heavy atom. The first-order chi connectivity index (χ1) is 10.1. The number of thiazole rings is 1. The number of sulfonamides is 1. The number of hydrogen-bond acceptors (Lipinski definition) is 6. The molecule has 0 radical (unpaired) electrons. The predicted octanol–water partition coefficient (Wildman–Crippen LogP) is 0.904. The van der Waals surface area contributed by atoms with E-state index in [1.165, 1.54) is 20.0 Å². The fourth-order valence-corrected chi connectivity index (χ4v) is 5.57. The Kier molecular flexibility index (Phi) is 3.91. The van der Waals surface area contributed by atoms with Crippen LogP contribution in [0.15, 0.2) is 16.6 Å². The van der Waals surface area contributed by atoms with Crippen LogP contribution in [0.3, 0.4) is 0 Å². The fourth-order valence-electron chi connectivity index (χ4n) is 2.89. The van der Waals surface area contributed by atoms with Crippen LogP contribution in [0.2, 0.25) is 0 Å². The second-order valence-corrected chi connectivity index (χ2v) is 7.81. The largest absolute Gasteiger partial charge is 0.396 e. The maximum atomic E-state index is 12.9. The van der Waals surface area contributed by atoms with Crippen LogP contribution in [-0.4, -0.2) is 46.4 Å². The summed E-state index contributed by atoms with van der Waals surface area (Å²) in [6.45, 7) is 0.573. The molecule has 1 unspecified atom stereocenters. The Labute approximate surface area is 127 Å². The van der Waals surface area contributed by atoms with Crippen molar-refractivity contribution in [2.45, 2.75) is 36.8 Å². The summed E-state index contributed by atoms with van der Waals surface area (Å²) in [4.78, 5) is 4.69. The monoisotopic (exact) mass is 330 g/mol. The highest BCUT2D eigenvalue weighted by atomic mass is 32.2. The van der Waals surface area contributed by atoms with Crippen LogP contribution in [0.25, 0.3) is 4.96 Å². The highest BCUT2D eigenvalue weighted by molar-refractivity contribution is 7.89. The lowest BCUT2D eigenvalue weighted by Gasteiger charge is -2.23. The summed E-state index contributed by atoms with van der Waals surface area (Å²) in [6.07, 6.45) is 4.61. The number of nitrogens with zero attached hydrogens (tertiary/aromatic N) is 3. The van der Waals surface area contributed by atoms with Crippen molar-refractivity contribution in [2.24, 2.45) is 0 Å². The molecular formula is C12H18N4O3S2. The lowest BCUT2D eigenvalue weighted by Crippen LogP contribution is -2.36. The second-order valence-electron chi connectivity index (χ2n) is 5.14. The van der Waals surface area contributed by atoms with Crippen molar-refractivity contribution in [3.8, 4) is 0 Å². The Hall–Kier alpha value is -1.16. The van der Waals surface area contributed by atoms with Gasteiger partial charge in [0.1, 0.15) is 0 Å². The molecule has 0 amide bonds. The van der Waals surface area contributed by atoms with E-state index in [1.807, 2.05) is 0 Å². The van der Waals surface area contributed by atoms with Crippen molar-refractivity contribution in [2.75, 3.05) is 18.9 Å². The quantitative estimate of drug-likeness (QED) is 0.848. The zero-order chi connectivity index (χ0) is 15.0. The molecule has 1 saturated heterocycles. The number of nitrogen functional groups attached to an aromatic ring is 1. The first-order valence-electron chi connectivity index (χ1n) is 6.89. The molecule has 2 aromatic rings. The van der Waals surface area contributed by atoms with Crippen molar-refractivity contribution in [1.82, 2.24) is 13.7 Å². The third-order valence-corrected chi connectivity index (χ3v) is 6.56. The summed E-state index contributed by atoms with van der Waals surface area (Å²) < 4.78 is 28.9. The Bertz CT molecular complexity index is 737. The number of rotatable bonds is 5. The van der Waals surface area contributed by atoms with Gasteiger partial charge in [0, 0.05) is 30.8 Å². The van der Waals surface area contributed by atoms with Crippen molar-refractivity contribution in [3.63, 3.8) is 0 Å². The van der Waals surface area contributed by atoms with Crippen LogP contribution in [0.1, 0.15) is 25.7 Å². The highest BCUT2D eigenvalue weighted by Gasteiger charge is 2.38. The molecule has 0 saturated carbocycles. The third-order valence-electron chi connectivity index (χ3n) is 3.82. The number of hydrogen-bond donors (Lipinski definition) is 2. The molecule has 0 bridgehead atoms. The molecule has 1 aliphatic heterocycles. The van der Waals surface area contributed by atoms with Gasteiger partial charge in [0.05, 0.1) is 0 Å². The zero-order valence-corrected chi connectivity index (χ0v) is 13.1. The zero-order valence-electron chi connectivity index (χ0n) is 11.5. The molecule has 9 heteroatoms. The summed E-state index contributed by atoms with van der Waals surface area (Å²) in [5.41, 5.74) is 5.83. The molecule has 3 rings (SSSR count). The van der Waals surface area contributed by atoms with Gasteiger partial charge in [-0.3, -0.25) is 4.40 Å². The highest BCUT2D eigenvalue weighted by Crippen LogP contribution is 2.32. The number of imidazole rings is 1. The van der Waals surface area contributed by atoms with Gasteiger partial charge in [0.25, 0.3) is 10.0 Å². The standard InChI is InChI=1S/C12H18N4O3S2/c13-10-11(15-6-8-20-12(15)14-10)21(18,19)16-5-1-3-9(16)4-2-7-17/h6,8-9,17H,1-5,7,13H2. The van der Waals surface area contributed by atoms with Gasteiger partial charge >= 0.3 is 0 Å². The Balaban J connectivity index is 1.99. The molecule has 0 aliphatic carbocycles. The van der Waals surface area contributed by atoms with Crippen molar-refractivity contribution in [3.05, 3.63) is 11.6 Å². The van der Waals surface area contributed by atoms with Gasteiger partial charge in [-0.05, 0) is 25.7 Å². The lowest BCUT2D eigenvalue weighted by atomic mass is 10.1. The van der Waals surface area contributed by atoms with E-state index in [2.05, 4.69) is 4.98 Å². The molecule has 3 N–H and O–H groups in total. The smallest absolute Gasteiger partial charge is 0.263 e. The van der Waals surface area contributed by atoms with E-state index in [0.717, 1.165) is 12.8 Å². The second kappa shape index (κ2) is 5.56. The number of nitrogens with two attached hydrogens (primary N) is 1. The third kappa shape index (κ3) is 2.44. The minimum Gasteiger partial charge on any atom is -0.396 e. The van der Waals surface area contributed by atoms with Gasteiger partial charge < -0.3 is 10.8 Å². The molecule has 1 atom stereocenters. The average molecular weight is 330 g/mol. The summed E-state index contributed by atoms with van der Waals surface area (Å²) in [7, 11) is -3.67. The van der Waals surface area contributed by atoms with Crippen molar-refractivity contribution < 1.29 is 13.5 Å². The number of aromatic nitrogens is 2. The van der Waals surface area contributed by atoms with Crippen LogP contribution < -0.4 is 5.73 Å². The van der Waals surface area contributed by atoms with E-state index in [1.54, 1.807) is 11.6 Å². The topological polar surface area (TPSA) is 101 Å². The van der Waals surface area contributed by atoms with Gasteiger partial charge in [-0.25, -0.2) is 13.4 Å². The molecule has 3 heterocycles. The van der Waals surface area contributed by atoms with Crippen LogP contribution in [0, 0.1) is 0 Å². The molecule has 1 aliphatic rings. The molecule has 7 nitrogen and oxygen atoms in total. The number of fused-ring (bicyclic) bond motifs is 1. The van der Waals surface area contributed by atoms with Gasteiger partial charge in [-0.2, -0.15) is 4.31 Å². The molecule has 0 spiro atoms. The minimum absolute atomic E-state index is 0.0506. The summed E-state index contributed by atoms with van der Waals surface area (Å²) in [5.74, 6) is 0.0506. The van der Waals surface area contributed by atoms with E-state index >= 15 is 0 Å². The first-order valence-corrected chi connectivity index (χ1v) is 9.21. The SMILES string of the molecule is Nc1nc2sccn2c1S(=O)(=O)N1CCCC1CCCO. The van der Waals surface area contributed by atoms with Crippen LogP contribution >= 0.6 is 11.3 Å². The fraction of sp³-hybridized carbons (Fsp3) is 0.583. The number of anilines is 1. The van der Waals surface area contributed by atoms with Gasteiger partial charge in [0.2, 0.25) is 0 Å². The van der Waals surface area contributed by atoms with E-state index in [4.69, 9.17) is 10.8 Å². The Morgan fingerprint density at radius 1 is 1.52 bits per heavy atom. The van der Waals surface area contributed by atoms with Crippen molar-refractivity contribution >= 4 is 32.1 Å². The van der Waals surface area contributed by atoms with Crippen LogP contribution in [0.4, 0.5) is 5.82 Å². The van der Waals surface area contributed by atoms with Gasteiger partial charge in [0.15, 0.2) is 15.8 Å². The minimum atomic E-state index is -3.67. The maximum absolute atomic E-state index is 12.9. The molecule has 116 valence electrons. The average Bonchev–Trinajstić information content (AvgIpc) is 3.10. The lowest BCUT2D eigenvalue weighted by molar-refractivity contribution is 0.264. The Morgan fingerprint density at radius 3 is 3.10 bits per heavy atom. The molecule has 2 aromatic heterocycles. The van der Waals surface area contributed by atoms with Gasteiger partial charge in [-0.15, -0.1) is 11.3 Å². The number of aliphatic hydroxyl groups excluding tert-OH is 1. The first kappa shape index (κ1) is 14.8. The van der Waals surface area contributed by atoms with E-state index in [-0.39, 0.29) is 23.5 Å². The van der Waals surface area contributed by atoms with E-state index in [9.17, 15) is 8.42 Å². The van der Waals surface area contributed by atoms with Gasteiger partial charge in [-0.1, -0.05) is 0 Å². The normalized spacial score (nSPS) is 20.5. The van der Waals surface area contributed by atoms with Crippen LogP contribution in [-0.2, 0) is 10.0 Å². The molecular weight excluding hydrogens is 312 g/mol. The summed E-state index contributed by atoms with van der Waals surface area (Å²) >= 11 is 1.35.